The molecule has 0 fully saturated rings. The number of para-hydroxylation sites is 1. The largest absolute Gasteiger partial charge is 0.478 e. The van der Waals surface area contributed by atoms with Crippen molar-refractivity contribution in [2.75, 3.05) is 0 Å². The first-order valence-corrected chi connectivity index (χ1v) is 6.49. The molecule has 20 heavy (non-hydrogen) atoms. The first kappa shape index (κ1) is 13.0. The van der Waals surface area contributed by atoms with Gasteiger partial charge in [0, 0.05) is 0 Å². The zero-order valence-electron chi connectivity index (χ0n) is 10.0. The van der Waals surface area contributed by atoms with Crippen LogP contribution in [0.4, 0.5) is 0 Å². The van der Waals surface area contributed by atoms with Gasteiger partial charge in [-0.3, -0.25) is 4.57 Å². The molecule has 0 aliphatic carbocycles. The number of aromatic nitrogens is 2. The highest BCUT2D eigenvalue weighted by Gasteiger charge is 2.16. The second-order valence-corrected chi connectivity index (χ2v) is 4.95. The van der Waals surface area contributed by atoms with Gasteiger partial charge in [0.25, 0.3) is 0 Å². The van der Waals surface area contributed by atoms with E-state index in [0.29, 0.717) is 26.8 Å². The van der Waals surface area contributed by atoms with E-state index in [2.05, 4.69) is 4.98 Å². The van der Waals surface area contributed by atoms with Crippen LogP contribution in [0.1, 0.15) is 10.4 Å². The van der Waals surface area contributed by atoms with Crippen LogP contribution in [-0.2, 0) is 0 Å². The van der Waals surface area contributed by atoms with Gasteiger partial charge in [0.15, 0.2) is 0 Å². The minimum atomic E-state index is -1.02. The number of halogens is 2. The predicted molar refractivity (Wildman–Crippen MR) is 78.0 cm³/mol. The normalized spacial score (nSPS) is 10.9. The van der Waals surface area contributed by atoms with Gasteiger partial charge in [-0.15, -0.1) is 0 Å². The number of rotatable bonds is 2. The molecule has 0 amide bonds. The second-order valence-electron chi connectivity index (χ2n) is 4.17. The van der Waals surface area contributed by atoms with E-state index in [9.17, 15) is 9.90 Å². The lowest BCUT2D eigenvalue weighted by molar-refractivity contribution is 0.0698. The average Bonchev–Trinajstić information content (AvgIpc) is 2.85. The van der Waals surface area contributed by atoms with Gasteiger partial charge in [-0.05, 0) is 24.3 Å². The lowest BCUT2D eigenvalue weighted by Crippen LogP contribution is -2.02. The van der Waals surface area contributed by atoms with Gasteiger partial charge in [0.1, 0.15) is 6.33 Å². The predicted octanol–water partition coefficient (Wildman–Crippen LogP) is 4.03. The van der Waals surface area contributed by atoms with E-state index < -0.39 is 5.97 Å². The van der Waals surface area contributed by atoms with Crippen LogP contribution in [0.15, 0.2) is 42.7 Å². The van der Waals surface area contributed by atoms with Crippen molar-refractivity contribution < 1.29 is 9.90 Å². The fraction of sp³-hybridized carbons (Fsp3) is 0. The highest BCUT2D eigenvalue weighted by molar-refractivity contribution is 6.43. The van der Waals surface area contributed by atoms with Crippen LogP contribution in [0.3, 0.4) is 0 Å². The van der Waals surface area contributed by atoms with Crippen molar-refractivity contribution in [3.05, 3.63) is 58.3 Å². The summed E-state index contributed by atoms with van der Waals surface area (Å²) < 4.78 is 1.63. The molecule has 0 saturated carbocycles. The Morgan fingerprint density at radius 3 is 2.65 bits per heavy atom. The highest BCUT2D eigenvalue weighted by atomic mass is 35.5. The molecule has 0 atom stereocenters. The van der Waals surface area contributed by atoms with Gasteiger partial charge in [-0.1, -0.05) is 35.3 Å². The molecule has 0 aliphatic rings. The van der Waals surface area contributed by atoms with Crippen molar-refractivity contribution in [2.24, 2.45) is 0 Å². The third-order valence-corrected chi connectivity index (χ3v) is 3.80. The summed E-state index contributed by atoms with van der Waals surface area (Å²) in [4.78, 5) is 15.6. The molecule has 3 rings (SSSR count). The average molecular weight is 307 g/mol. The number of carbonyl (C=O) groups is 1. The molecule has 0 bridgehead atoms. The van der Waals surface area contributed by atoms with Crippen LogP contribution >= 0.6 is 23.2 Å². The minimum absolute atomic E-state index is 0.163. The molecule has 100 valence electrons. The third kappa shape index (κ3) is 1.94. The summed E-state index contributed by atoms with van der Waals surface area (Å²) >= 11 is 12.2. The molecule has 0 unspecified atom stereocenters. The maximum Gasteiger partial charge on any atom is 0.337 e. The Bertz CT molecular complexity index is 827. The van der Waals surface area contributed by atoms with Crippen LogP contribution < -0.4 is 0 Å². The molecule has 3 aromatic rings. The number of carboxylic acids is 1. The Kier molecular flexibility index (Phi) is 3.12. The standard InChI is InChI=1S/C14H8Cl2N2O2/c15-9-4-2-6-11(12(9)16)18-7-17-10-5-1-3-8(13(10)18)14(19)20/h1-7H,(H,19,20). The fourth-order valence-electron chi connectivity index (χ4n) is 2.10. The molecule has 0 aliphatic heterocycles. The summed E-state index contributed by atoms with van der Waals surface area (Å²) in [6.07, 6.45) is 1.54. The summed E-state index contributed by atoms with van der Waals surface area (Å²) in [6.45, 7) is 0. The number of imidazole rings is 1. The van der Waals surface area contributed by atoms with Crippen molar-refractivity contribution in [1.82, 2.24) is 9.55 Å². The van der Waals surface area contributed by atoms with E-state index in [-0.39, 0.29) is 5.56 Å². The maximum absolute atomic E-state index is 11.3. The fourth-order valence-corrected chi connectivity index (χ4v) is 2.49. The van der Waals surface area contributed by atoms with Crippen LogP contribution in [0.25, 0.3) is 16.7 Å². The topological polar surface area (TPSA) is 55.1 Å². The van der Waals surface area contributed by atoms with Gasteiger partial charge < -0.3 is 5.11 Å². The molecule has 1 aromatic heterocycles. The zero-order chi connectivity index (χ0) is 14.3. The minimum Gasteiger partial charge on any atom is -0.478 e. The molecule has 0 spiro atoms. The Hall–Kier alpha value is -2.04. The van der Waals surface area contributed by atoms with Gasteiger partial charge in [0.2, 0.25) is 0 Å². The van der Waals surface area contributed by atoms with Crippen LogP contribution in [-0.4, -0.2) is 20.6 Å². The number of hydrogen-bond donors (Lipinski definition) is 1. The molecule has 4 nitrogen and oxygen atoms in total. The molecule has 0 radical (unpaired) electrons. The Morgan fingerprint density at radius 2 is 1.90 bits per heavy atom. The van der Waals surface area contributed by atoms with Gasteiger partial charge in [-0.2, -0.15) is 0 Å². The van der Waals surface area contributed by atoms with Gasteiger partial charge in [0.05, 0.1) is 32.3 Å². The van der Waals surface area contributed by atoms with Crippen molar-refractivity contribution in [2.45, 2.75) is 0 Å². The summed E-state index contributed by atoms with van der Waals surface area (Å²) in [5, 5.41) is 10.1. The van der Waals surface area contributed by atoms with Crippen molar-refractivity contribution in [3.8, 4) is 5.69 Å². The van der Waals surface area contributed by atoms with E-state index in [0.717, 1.165) is 0 Å². The number of nitrogens with zero attached hydrogens (tertiary/aromatic N) is 2. The van der Waals surface area contributed by atoms with Crippen molar-refractivity contribution in [1.29, 1.82) is 0 Å². The Morgan fingerprint density at radius 1 is 1.15 bits per heavy atom. The number of aromatic carboxylic acids is 1. The van der Waals surface area contributed by atoms with Crippen molar-refractivity contribution >= 4 is 40.2 Å². The Balaban J connectivity index is 2.38. The van der Waals surface area contributed by atoms with E-state index in [1.165, 1.54) is 12.4 Å². The smallest absolute Gasteiger partial charge is 0.337 e. The van der Waals surface area contributed by atoms with E-state index in [1.54, 1.807) is 34.9 Å². The molecule has 6 heteroatoms. The number of benzene rings is 2. The molecular weight excluding hydrogens is 299 g/mol. The summed E-state index contributed by atoms with van der Waals surface area (Å²) in [5.41, 5.74) is 1.83. The molecule has 1 heterocycles. The molecular formula is C14H8Cl2N2O2. The van der Waals surface area contributed by atoms with E-state index in [1.807, 2.05) is 0 Å². The van der Waals surface area contributed by atoms with E-state index >= 15 is 0 Å². The third-order valence-electron chi connectivity index (χ3n) is 2.99. The van der Waals surface area contributed by atoms with Crippen LogP contribution in [0.2, 0.25) is 10.0 Å². The van der Waals surface area contributed by atoms with Crippen LogP contribution in [0, 0.1) is 0 Å². The lowest BCUT2D eigenvalue weighted by atomic mass is 10.2. The summed E-state index contributed by atoms with van der Waals surface area (Å²) in [5.74, 6) is -1.02. The number of hydrogen-bond acceptors (Lipinski definition) is 2. The number of fused-ring (bicyclic) bond motifs is 1. The SMILES string of the molecule is O=C(O)c1cccc2ncn(-c3cccc(Cl)c3Cl)c12. The highest BCUT2D eigenvalue weighted by Crippen LogP contribution is 2.31. The second kappa shape index (κ2) is 4.81. The molecule has 2 aromatic carbocycles. The van der Waals surface area contributed by atoms with Gasteiger partial charge >= 0.3 is 5.97 Å². The first-order valence-electron chi connectivity index (χ1n) is 5.73. The molecule has 0 saturated heterocycles. The Labute approximate surface area is 124 Å². The zero-order valence-corrected chi connectivity index (χ0v) is 11.6. The maximum atomic E-state index is 11.3. The lowest BCUT2D eigenvalue weighted by Gasteiger charge is -2.09. The first-order chi connectivity index (χ1) is 9.59. The van der Waals surface area contributed by atoms with Crippen molar-refractivity contribution in [3.63, 3.8) is 0 Å². The number of carboxylic acid groups (broad SMARTS) is 1. The summed E-state index contributed by atoms with van der Waals surface area (Å²) in [6, 6.07) is 10.1. The quantitative estimate of drug-likeness (QED) is 0.777. The van der Waals surface area contributed by atoms with E-state index in [4.69, 9.17) is 23.2 Å². The molecule has 1 N–H and O–H groups in total. The summed E-state index contributed by atoms with van der Waals surface area (Å²) in [7, 11) is 0. The van der Waals surface area contributed by atoms with Crippen LogP contribution in [0.5, 0.6) is 0 Å². The monoisotopic (exact) mass is 306 g/mol. The van der Waals surface area contributed by atoms with Gasteiger partial charge in [-0.25, -0.2) is 9.78 Å².